The highest BCUT2D eigenvalue weighted by molar-refractivity contribution is 8.01. The molecule has 2 aromatic rings. The minimum Gasteiger partial charge on any atom is -0.593 e. The van der Waals surface area contributed by atoms with Crippen LogP contribution in [0.4, 0.5) is 4.79 Å². The molecule has 0 radical (unpaired) electrons. The predicted octanol–water partition coefficient (Wildman–Crippen LogP) is -0.214. The molecule has 5 amide bonds. The number of primary amides is 1. The van der Waals surface area contributed by atoms with Crippen molar-refractivity contribution in [1.82, 2.24) is 25.9 Å². The van der Waals surface area contributed by atoms with Crippen LogP contribution in [-0.2, 0) is 19.2 Å². The van der Waals surface area contributed by atoms with E-state index in [4.69, 9.17) is 17.3 Å². The number of nitrogens with zero attached hydrogens (tertiary/aromatic N) is 3. The van der Waals surface area contributed by atoms with Gasteiger partial charge in [0.25, 0.3) is 5.91 Å². The standard InChI is InChI=1S/C21H20ClN7O7S3/c22-11-3-4-13(27-29(11)36)38-7-9-8-39-19-15(18(32)28(19)16(9)20(33)34)25-17(31)14(10-2-1-5-37-10)26-21(35)24-6-12(23)30/h1-5,14-15,19H,6-8H2,(H2,23,30)(H,25,31)(H,33,34)(H2,24,26,35)/t14?,15-,19?/m0/s1. The number of carboxylic acids is 1. The fourth-order valence-corrected chi connectivity index (χ4v) is 6.92. The van der Waals surface area contributed by atoms with E-state index >= 15 is 0 Å². The SMILES string of the molecule is NC(=O)CNC(=O)NC(C(=O)N[C@H]1C(=O)N2C(C(=O)O)=C(CSc3ccc(Cl)[n+]([O-])n3)CSC12)c1cccs1. The average molecular weight is 614 g/mol. The first-order chi connectivity index (χ1) is 18.6. The van der Waals surface area contributed by atoms with Crippen molar-refractivity contribution >= 4 is 76.2 Å². The van der Waals surface area contributed by atoms with Crippen molar-refractivity contribution in [3.63, 3.8) is 0 Å². The summed E-state index contributed by atoms with van der Waals surface area (Å²) in [5.74, 6) is -2.97. The Morgan fingerprint density at radius 3 is 2.74 bits per heavy atom. The van der Waals surface area contributed by atoms with Crippen molar-refractivity contribution in [2.45, 2.75) is 22.5 Å². The number of β-lactam (4-membered cyclic amide) rings is 1. The van der Waals surface area contributed by atoms with Gasteiger partial charge in [0.1, 0.15) is 23.2 Å². The quantitative estimate of drug-likeness (QED) is 0.103. The van der Waals surface area contributed by atoms with Gasteiger partial charge in [-0.3, -0.25) is 19.3 Å². The van der Waals surface area contributed by atoms with Crippen LogP contribution in [0.5, 0.6) is 0 Å². The number of nitrogens with two attached hydrogens (primary N) is 1. The molecule has 2 aliphatic rings. The Balaban J connectivity index is 1.45. The van der Waals surface area contributed by atoms with Gasteiger partial charge in [0, 0.05) is 27.5 Å². The molecule has 0 aliphatic carbocycles. The third-order valence-corrected chi connectivity index (χ3v) is 9.02. The number of carbonyl (C=O) groups is 5. The molecule has 2 aromatic heterocycles. The van der Waals surface area contributed by atoms with E-state index in [2.05, 4.69) is 21.0 Å². The van der Waals surface area contributed by atoms with Crippen LogP contribution in [0.3, 0.4) is 0 Å². The van der Waals surface area contributed by atoms with Gasteiger partial charge in [0.2, 0.25) is 11.8 Å². The number of halogens is 1. The number of nitrogens with one attached hydrogen (secondary N) is 3. The number of thiophene rings is 1. The lowest BCUT2D eigenvalue weighted by molar-refractivity contribution is -0.670. The molecule has 0 aromatic carbocycles. The zero-order valence-corrected chi connectivity index (χ0v) is 22.9. The van der Waals surface area contributed by atoms with Gasteiger partial charge >= 0.3 is 17.2 Å². The van der Waals surface area contributed by atoms with Crippen LogP contribution in [0.25, 0.3) is 0 Å². The van der Waals surface area contributed by atoms with Gasteiger partial charge in [-0.15, -0.1) is 23.1 Å². The maximum absolute atomic E-state index is 13.1. The van der Waals surface area contributed by atoms with Crippen molar-refractivity contribution in [3.8, 4) is 0 Å². The van der Waals surface area contributed by atoms with Gasteiger partial charge in [-0.25, -0.2) is 9.59 Å². The molecule has 3 atom stereocenters. The van der Waals surface area contributed by atoms with Crippen LogP contribution in [0.1, 0.15) is 10.9 Å². The van der Waals surface area contributed by atoms with Crippen LogP contribution in [0.15, 0.2) is 45.9 Å². The van der Waals surface area contributed by atoms with E-state index < -0.39 is 53.7 Å². The topological polar surface area (TPSA) is 211 Å². The molecule has 14 nitrogen and oxygen atoms in total. The zero-order valence-electron chi connectivity index (χ0n) is 19.7. The number of thioether (sulfide) groups is 2. The summed E-state index contributed by atoms with van der Waals surface area (Å²) in [6, 6.07) is 3.17. The number of urea groups is 1. The fourth-order valence-electron chi connectivity index (χ4n) is 3.71. The lowest BCUT2D eigenvalue weighted by Gasteiger charge is -2.49. The Morgan fingerprint density at radius 2 is 2.10 bits per heavy atom. The summed E-state index contributed by atoms with van der Waals surface area (Å²) in [6.07, 6.45) is 0. The van der Waals surface area contributed by atoms with Crippen molar-refractivity contribution < 1.29 is 33.9 Å². The Morgan fingerprint density at radius 1 is 1.33 bits per heavy atom. The summed E-state index contributed by atoms with van der Waals surface area (Å²) in [7, 11) is 0. The largest absolute Gasteiger partial charge is 0.593 e. The number of fused-ring (bicyclic) bond motifs is 1. The molecule has 4 rings (SSSR count). The lowest BCUT2D eigenvalue weighted by atomic mass is 10.0. The Labute approximate surface area is 237 Å². The van der Waals surface area contributed by atoms with E-state index in [1.165, 1.54) is 35.2 Å². The molecule has 1 saturated heterocycles. The van der Waals surface area contributed by atoms with Gasteiger partial charge in [-0.05, 0) is 39.5 Å². The average Bonchev–Trinajstić information content (AvgIpc) is 3.43. The van der Waals surface area contributed by atoms with Crippen LogP contribution < -0.4 is 26.5 Å². The number of carbonyl (C=O) groups excluding carboxylic acids is 4. The minimum atomic E-state index is -1.30. The normalized spacial score (nSPS) is 19.0. The smallest absolute Gasteiger partial charge is 0.352 e. The van der Waals surface area contributed by atoms with Crippen molar-refractivity contribution in [3.05, 3.63) is 56.2 Å². The van der Waals surface area contributed by atoms with Crippen molar-refractivity contribution in [2.24, 2.45) is 5.73 Å². The van der Waals surface area contributed by atoms with Gasteiger partial charge in [-0.1, -0.05) is 17.8 Å². The molecule has 6 N–H and O–H groups in total. The van der Waals surface area contributed by atoms with Crippen LogP contribution in [0.2, 0.25) is 5.15 Å². The second kappa shape index (κ2) is 12.1. The van der Waals surface area contributed by atoms with E-state index in [9.17, 15) is 34.3 Å². The van der Waals surface area contributed by atoms with E-state index in [-0.39, 0.29) is 27.2 Å². The number of hydrogen-bond donors (Lipinski definition) is 5. The molecule has 0 saturated carbocycles. The summed E-state index contributed by atoms with van der Waals surface area (Å²) in [5.41, 5.74) is 5.28. The molecule has 18 heteroatoms. The summed E-state index contributed by atoms with van der Waals surface area (Å²) >= 11 is 9.26. The third-order valence-electron chi connectivity index (χ3n) is 5.47. The maximum atomic E-state index is 13.1. The second-order valence-corrected chi connectivity index (χ2v) is 11.5. The monoisotopic (exact) mass is 613 g/mol. The van der Waals surface area contributed by atoms with E-state index in [1.807, 2.05) is 0 Å². The molecule has 2 unspecified atom stereocenters. The molecule has 0 bridgehead atoms. The number of aromatic nitrogens is 2. The van der Waals surface area contributed by atoms with Gasteiger partial charge in [0.05, 0.1) is 6.54 Å². The molecular formula is C21H20ClN7O7S3. The van der Waals surface area contributed by atoms with Gasteiger partial charge in [-0.2, -0.15) is 0 Å². The van der Waals surface area contributed by atoms with E-state index in [0.717, 1.165) is 16.7 Å². The number of aliphatic carboxylic acids is 1. The number of amides is 5. The first-order valence-electron chi connectivity index (χ1n) is 11.0. The van der Waals surface area contributed by atoms with Crippen molar-refractivity contribution in [1.29, 1.82) is 0 Å². The summed E-state index contributed by atoms with van der Waals surface area (Å²) in [5, 5.41) is 33.7. The number of rotatable bonds is 10. The number of carboxylic acid groups (broad SMARTS) is 1. The Bertz CT molecular complexity index is 1360. The van der Waals surface area contributed by atoms with Crippen LogP contribution in [-0.4, -0.2) is 74.3 Å². The summed E-state index contributed by atoms with van der Waals surface area (Å²) in [4.78, 5) is 63.2. The second-order valence-electron chi connectivity index (χ2n) is 8.05. The molecule has 4 heterocycles. The van der Waals surface area contributed by atoms with Crippen molar-refractivity contribution in [2.75, 3.05) is 18.1 Å². The third kappa shape index (κ3) is 6.38. The first kappa shape index (κ1) is 28.5. The molecule has 2 aliphatic heterocycles. The van der Waals surface area contributed by atoms with E-state index in [0.29, 0.717) is 15.5 Å². The lowest BCUT2D eigenvalue weighted by Crippen LogP contribution is -2.71. The zero-order chi connectivity index (χ0) is 28.3. The molecule has 206 valence electrons. The highest BCUT2D eigenvalue weighted by Gasteiger charge is 2.54. The predicted molar refractivity (Wildman–Crippen MR) is 141 cm³/mol. The summed E-state index contributed by atoms with van der Waals surface area (Å²) in [6.45, 7) is -0.435. The van der Waals surface area contributed by atoms with Crippen LogP contribution in [0, 0.1) is 5.21 Å². The fraction of sp³-hybridized carbons (Fsp3) is 0.286. The highest BCUT2D eigenvalue weighted by atomic mass is 35.5. The molecule has 39 heavy (non-hydrogen) atoms. The minimum absolute atomic E-state index is 0.108. The molecular weight excluding hydrogens is 594 g/mol. The maximum Gasteiger partial charge on any atom is 0.352 e. The van der Waals surface area contributed by atoms with Gasteiger partial charge in [0.15, 0.2) is 5.03 Å². The van der Waals surface area contributed by atoms with E-state index in [1.54, 1.807) is 17.5 Å². The highest BCUT2D eigenvalue weighted by Crippen LogP contribution is 2.41. The molecule has 1 fully saturated rings. The first-order valence-corrected chi connectivity index (χ1v) is 14.3. The summed E-state index contributed by atoms with van der Waals surface area (Å²) < 4.78 is 0. The van der Waals surface area contributed by atoms with Gasteiger partial charge < -0.3 is 32.0 Å². The Hall–Kier alpha value is -3.54. The number of hydrogen-bond acceptors (Lipinski definition) is 10. The molecule has 0 spiro atoms. The Kier molecular flexibility index (Phi) is 8.83. The van der Waals surface area contributed by atoms with Crippen LogP contribution >= 0.6 is 46.5 Å².